The Kier molecular flexibility index (Phi) is 3.97. The van der Waals surface area contributed by atoms with Crippen molar-refractivity contribution in [2.24, 2.45) is 5.73 Å². The fraction of sp³-hybridized carbons (Fsp3) is 0.571. The molecule has 0 amide bonds. The summed E-state index contributed by atoms with van der Waals surface area (Å²) >= 11 is 0. The van der Waals surface area contributed by atoms with E-state index in [0.717, 1.165) is 0 Å². The van der Waals surface area contributed by atoms with Gasteiger partial charge in [0.25, 0.3) is 0 Å². The molecule has 2 heteroatoms. The lowest BCUT2D eigenvalue weighted by atomic mass is 10.0. The molecule has 1 aromatic carbocycles. The maximum absolute atomic E-state index is 5.68. The largest absolute Gasteiger partial charge is 0.326 e. The Hall–Kier alpha value is -0.860. The van der Waals surface area contributed by atoms with Crippen LogP contribution in [0.5, 0.6) is 0 Å². The van der Waals surface area contributed by atoms with E-state index in [0.29, 0.717) is 12.6 Å². The molecule has 0 bridgehead atoms. The van der Waals surface area contributed by atoms with Gasteiger partial charge in [-0.3, -0.25) is 4.90 Å². The van der Waals surface area contributed by atoms with Gasteiger partial charge in [0.05, 0.1) is 0 Å². The Balaban J connectivity index is 2.09. The molecule has 16 heavy (non-hydrogen) atoms. The van der Waals surface area contributed by atoms with Gasteiger partial charge in [-0.2, -0.15) is 0 Å². The van der Waals surface area contributed by atoms with E-state index in [1.807, 2.05) is 0 Å². The zero-order valence-corrected chi connectivity index (χ0v) is 10.2. The van der Waals surface area contributed by atoms with Crippen molar-refractivity contribution in [2.45, 2.75) is 38.8 Å². The highest BCUT2D eigenvalue weighted by Gasteiger charge is 2.17. The maximum Gasteiger partial charge on any atom is 0.0319 e. The second-order valence-corrected chi connectivity index (χ2v) is 4.72. The molecule has 0 spiro atoms. The molecule has 1 aromatic rings. The van der Waals surface area contributed by atoms with Crippen molar-refractivity contribution in [3.05, 3.63) is 35.4 Å². The summed E-state index contributed by atoms with van der Waals surface area (Å²) < 4.78 is 0. The molecule has 1 saturated heterocycles. The van der Waals surface area contributed by atoms with Crippen molar-refractivity contribution in [3.63, 3.8) is 0 Å². The SMILES string of the molecule is CC(c1cccc(CN)c1)N1CCCCC1. The minimum absolute atomic E-state index is 0.534. The van der Waals surface area contributed by atoms with Crippen LogP contribution in [0.3, 0.4) is 0 Å². The Morgan fingerprint density at radius 2 is 2.00 bits per heavy atom. The number of nitrogens with zero attached hydrogens (tertiary/aromatic N) is 1. The van der Waals surface area contributed by atoms with Crippen LogP contribution in [0.25, 0.3) is 0 Å². The molecule has 2 rings (SSSR count). The van der Waals surface area contributed by atoms with Gasteiger partial charge in [-0.1, -0.05) is 30.7 Å². The summed E-state index contributed by atoms with van der Waals surface area (Å²) in [6, 6.07) is 9.23. The average molecular weight is 218 g/mol. The van der Waals surface area contributed by atoms with Gasteiger partial charge in [-0.25, -0.2) is 0 Å². The maximum atomic E-state index is 5.68. The third-order valence-electron chi connectivity index (χ3n) is 3.61. The first-order chi connectivity index (χ1) is 7.81. The van der Waals surface area contributed by atoms with Crippen molar-refractivity contribution < 1.29 is 0 Å². The van der Waals surface area contributed by atoms with Gasteiger partial charge in [0, 0.05) is 12.6 Å². The predicted molar refractivity (Wildman–Crippen MR) is 68.2 cm³/mol. The zero-order valence-electron chi connectivity index (χ0n) is 10.2. The highest BCUT2D eigenvalue weighted by Crippen LogP contribution is 2.24. The van der Waals surface area contributed by atoms with Crippen molar-refractivity contribution in [1.29, 1.82) is 0 Å². The van der Waals surface area contributed by atoms with Gasteiger partial charge < -0.3 is 5.73 Å². The number of piperidine rings is 1. The third-order valence-corrected chi connectivity index (χ3v) is 3.61. The van der Waals surface area contributed by atoms with Crippen LogP contribution < -0.4 is 5.73 Å². The number of rotatable bonds is 3. The first-order valence-electron chi connectivity index (χ1n) is 6.34. The molecule has 88 valence electrons. The summed E-state index contributed by atoms with van der Waals surface area (Å²) in [5, 5.41) is 0. The fourth-order valence-corrected chi connectivity index (χ4v) is 2.50. The van der Waals surface area contributed by atoms with Crippen LogP contribution >= 0.6 is 0 Å². The molecule has 0 radical (unpaired) electrons. The molecule has 0 saturated carbocycles. The second kappa shape index (κ2) is 5.46. The molecule has 1 aliphatic rings. The molecule has 0 aliphatic carbocycles. The van der Waals surface area contributed by atoms with E-state index in [-0.39, 0.29) is 0 Å². The number of benzene rings is 1. The van der Waals surface area contributed by atoms with Crippen LogP contribution in [0.15, 0.2) is 24.3 Å². The lowest BCUT2D eigenvalue weighted by Crippen LogP contribution is -2.32. The highest BCUT2D eigenvalue weighted by atomic mass is 15.2. The fourth-order valence-electron chi connectivity index (χ4n) is 2.50. The molecular weight excluding hydrogens is 196 g/mol. The van der Waals surface area contributed by atoms with Gasteiger partial charge in [-0.05, 0) is 44.0 Å². The first-order valence-corrected chi connectivity index (χ1v) is 6.34. The number of hydrogen-bond donors (Lipinski definition) is 1. The van der Waals surface area contributed by atoms with Gasteiger partial charge in [0.15, 0.2) is 0 Å². The molecule has 1 heterocycles. The number of likely N-dealkylation sites (tertiary alicyclic amines) is 1. The number of nitrogens with two attached hydrogens (primary N) is 1. The topological polar surface area (TPSA) is 29.3 Å². The van der Waals surface area contributed by atoms with E-state index >= 15 is 0 Å². The van der Waals surface area contributed by atoms with Crippen LogP contribution in [-0.4, -0.2) is 18.0 Å². The molecule has 1 unspecified atom stereocenters. The second-order valence-electron chi connectivity index (χ2n) is 4.72. The van der Waals surface area contributed by atoms with Crippen LogP contribution in [0.4, 0.5) is 0 Å². The van der Waals surface area contributed by atoms with E-state index in [2.05, 4.69) is 36.1 Å². The minimum atomic E-state index is 0.534. The molecule has 1 fully saturated rings. The summed E-state index contributed by atoms with van der Waals surface area (Å²) in [5.74, 6) is 0. The smallest absolute Gasteiger partial charge is 0.0319 e. The third kappa shape index (κ3) is 2.63. The summed E-state index contributed by atoms with van der Waals surface area (Å²) in [7, 11) is 0. The van der Waals surface area contributed by atoms with Gasteiger partial charge >= 0.3 is 0 Å². The van der Waals surface area contributed by atoms with Crippen LogP contribution in [-0.2, 0) is 6.54 Å². The molecule has 0 aromatic heterocycles. The van der Waals surface area contributed by atoms with Crippen LogP contribution in [0.2, 0.25) is 0 Å². The minimum Gasteiger partial charge on any atom is -0.326 e. The zero-order chi connectivity index (χ0) is 11.4. The van der Waals surface area contributed by atoms with E-state index in [1.165, 1.54) is 43.5 Å². The summed E-state index contributed by atoms with van der Waals surface area (Å²) in [4.78, 5) is 2.58. The van der Waals surface area contributed by atoms with E-state index in [9.17, 15) is 0 Å². The van der Waals surface area contributed by atoms with E-state index in [1.54, 1.807) is 0 Å². The van der Waals surface area contributed by atoms with Crippen LogP contribution in [0, 0.1) is 0 Å². The summed E-state index contributed by atoms with van der Waals surface area (Å²) in [5.41, 5.74) is 8.33. The Morgan fingerprint density at radius 3 is 2.69 bits per heavy atom. The lowest BCUT2D eigenvalue weighted by Gasteiger charge is -2.32. The first kappa shape index (κ1) is 11.6. The normalized spacial score (nSPS) is 19.6. The molecular formula is C14H22N2. The van der Waals surface area contributed by atoms with Gasteiger partial charge in [-0.15, -0.1) is 0 Å². The quantitative estimate of drug-likeness (QED) is 0.845. The molecule has 2 nitrogen and oxygen atoms in total. The average Bonchev–Trinajstić information content (AvgIpc) is 2.39. The number of hydrogen-bond acceptors (Lipinski definition) is 2. The van der Waals surface area contributed by atoms with Crippen molar-refractivity contribution >= 4 is 0 Å². The van der Waals surface area contributed by atoms with E-state index < -0.39 is 0 Å². The van der Waals surface area contributed by atoms with Gasteiger partial charge in [0.1, 0.15) is 0 Å². The standard InChI is InChI=1S/C14H22N2/c1-12(16-8-3-2-4-9-16)14-7-5-6-13(10-14)11-15/h5-7,10,12H,2-4,8-9,11,15H2,1H3. The Morgan fingerprint density at radius 1 is 1.25 bits per heavy atom. The van der Waals surface area contributed by atoms with Crippen LogP contribution in [0.1, 0.15) is 43.4 Å². The monoisotopic (exact) mass is 218 g/mol. The van der Waals surface area contributed by atoms with Crippen molar-refractivity contribution in [3.8, 4) is 0 Å². The summed E-state index contributed by atoms with van der Waals surface area (Å²) in [6.07, 6.45) is 4.09. The molecule has 1 atom stereocenters. The predicted octanol–water partition coefficient (Wildman–Crippen LogP) is 2.69. The lowest BCUT2D eigenvalue weighted by molar-refractivity contribution is 0.175. The summed E-state index contributed by atoms with van der Waals surface area (Å²) in [6.45, 7) is 5.43. The highest BCUT2D eigenvalue weighted by molar-refractivity contribution is 5.25. The van der Waals surface area contributed by atoms with Crippen molar-refractivity contribution in [1.82, 2.24) is 4.90 Å². The van der Waals surface area contributed by atoms with Gasteiger partial charge in [0.2, 0.25) is 0 Å². The molecule has 1 aliphatic heterocycles. The Labute approximate surface area is 98.4 Å². The van der Waals surface area contributed by atoms with E-state index in [4.69, 9.17) is 5.73 Å². The van der Waals surface area contributed by atoms with Crippen molar-refractivity contribution in [2.75, 3.05) is 13.1 Å². The Bertz CT molecular complexity index is 329. The molecule has 2 N–H and O–H groups in total.